The van der Waals surface area contributed by atoms with E-state index in [-0.39, 0.29) is 19.1 Å². The van der Waals surface area contributed by atoms with Gasteiger partial charge in [-0.2, -0.15) is 0 Å². The maximum atomic E-state index is 12.5. The predicted molar refractivity (Wildman–Crippen MR) is 113 cm³/mol. The van der Waals surface area contributed by atoms with Crippen LogP contribution in [0.3, 0.4) is 0 Å². The van der Waals surface area contributed by atoms with Crippen molar-refractivity contribution in [2.75, 3.05) is 13.2 Å². The van der Waals surface area contributed by atoms with E-state index in [4.69, 9.17) is 4.74 Å². The van der Waals surface area contributed by atoms with Crippen LogP contribution in [0.15, 0.2) is 42.5 Å². The molecule has 7 heteroatoms. The zero-order valence-corrected chi connectivity index (χ0v) is 16.8. The molecule has 30 heavy (non-hydrogen) atoms. The van der Waals surface area contributed by atoms with Gasteiger partial charge in [-0.05, 0) is 73.8 Å². The van der Waals surface area contributed by atoms with Crippen LogP contribution in [0, 0.1) is 11.8 Å². The Morgan fingerprint density at radius 1 is 1.10 bits per heavy atom. The summed E-state index contributed by atoms with van der Waals surface area (Å²) in [4.78, 5) is 14.1. The largest absolute Gasteiger partial charge is 0.481 e. The third kappa shape index (κ3) is 4.16. The number of rotatable bonds is 9. The van der Waals surface area contributed by atoms with Crippen molar-refractivity contribution in [3.8, 4) is 11.4 Å². The highest BCUT2D eigenvalue weighted by molar-refractivity contribution is 5.78. The maximum Gasteiger partial charge on any atom is 0.258 e. The van der Waals surface area contributed by atoms with Crippen molar-refractivity contribution in [2.45, 2.75) is 38.1 Å². The highest BCUT2D eigenvalue weighted by atomic mass is 16.5. The van der Waals surface area contributed by atoms with Crippen molar-refractivity contribution in [3.05, 3.63) is 48.0 Å². The molecule has 0 unspecified atom stereocenters. The van der Waals surface area contributed by atoms with Crippen molar-refractivity contribution in [1.82, 2.24) is 20.3 Å². The summed E-state index contributed by atoms with van der Waals surface area (Å²) < 4.78 is 5.91. The number of aromatic nitrogens is 3. The van der Waals surface area contributed by atoms with Crippen LogP contribution in [0.1, 0.15) is 31.2 Å². The molecular formula is C23H26N4O3. The van der Waals surface area contributed by atoms with Gasteiger partial charge >= 0.3 is 0 Å². The smallest absolute Gasteiger partial charge is 0.258 e. The van der Waals surface area contributed by atoms with Crippen molar-refractivity contribution < 1.29 is 14.6 Å². The molecule has 0 bridgehead atoms. The van der Waals surface area contributed by atoms with Gasteiger partial charge in [0.25, 0.3) is 5.91 Å². The molecule has 2 N–H and O–H groups in total. The summed E-state index contributed by atoms with van der Waals surface area (Å²) in [5, 5.41) is 21.6. The monoisotopic (exact) mass is 406 g/mol. The van der Waals surface area contributed by atoms with Gasteiger partial charge in [0.2, 0.25) is 0 Å². The molecule has 2 aliphatic rings. The fourth-order valence-electron chi connectivity index (χ4n) is 4.00. The molecule has 7 nitrogen and oxygen atoms in total. The Labute approximate surface area is 175 Å². The van der Waals surface area contributed by atoms with Gasteiger partial charge in [-0.1, -0.05) is 18.2 Å². The Kier molecular flexibility index (Phi) is 5.12. The first kappa shape index (κ1) is 19.1. The average molecular weight is 406 g/mol. The molecule has 0 atom stereocenters. The summed E-state index contributed by atoms with van der Waals surface area (Å²) in [6, 6.07) is 13.6. The van der Waals surface area contributed by atoms with E-state index in [0.717, 1.165) is 16.6 Å². The number of hydrogen-bond donors (Lipinski definition) is 2. The maximum absolute atomic E-state index is 12.5. The van der Waals surface area contributed by atoms with E-state index in [1.54, 1.807) is 0 Å². The quantitative estimate of drug-likeness (QED) is 0.570. The van der Waals surface area contributed by atoms with Crippen molar-refractivity contribution >= 4 is 16.9 Å². The van der Waals surface area contributed by atoms with Crippen LogP contribution in [-0.4, -0.2) is 45.3 Å². The Morgan fingerprint density at radius 2 is 1.77 bits per heavy atom. The van der Waals surface area contributed by atoms with Gasteiger partial charge < -0.3 is 15.2 Å². The Morgan fingerprint density at radius 3 is 2.37 bits per heavy atom. The van der Waals surface area contributed by atoms with Gasteiger partial charge in [0, 0.05) is 12.6 Å². The molecule has 3 aromatic rings. The molecule has 1 aromatic heterocycles. The van der Waals surface area contributed by atoms with E-state index in [2.05, 4.69) is 15.5 Å². The van der Waals surface area contributed by atoms with Crippen molar-refractivity contribution in [2.24, 2.45) is 11.8 Å². The van der Waals surface area contributed by atoms with Gasteiger partial charge in [-0.25, -0.2) is 0 Å². The number of fused-ring (bicyclic) bond motifs is 1. The van der Waals surface area contributed by atoms with Gasteiger partial charge in [0.15, 0.2) is 6.61 Å². The summed E-state index contributed by atoms with van der Waals surface area (Å²) in [7, 11) is 0. The molecule has 2 fully saturated rings. The van der Waals surface area contributed by atoms with Crippen LogP contribution in [0.4, 0.5) is 0 Å². The molecule has 2 aliphatic carbocycles. The predicted octanol–water partition coefficient (Wildman–Crippen LogP) is 2.64. The number of aliphatic hydroxyl groups excluding tert-OH is 1. The van der Waals surface area contributed by atoms with E-state index in [1.807, 2.05) is 42.5 Å². The molecule has 5 rings (SSSR count). The highest BCUT2D eigenvalue weighted by Crippen LogP contribution is 2.44. The number of benzene rings is 2. The average Bonchev–Trinajstić information content (AvgIpc) is 3.68. The van der Waals surface area contributed by atoms with Crippen LogP contribution in [0.25, 0.3) is 16.7 Å². The van der Waals surface area contributed by atoms with Crippen LogP contribution in [-0.2, 0) is 11.2 Å². The number of amides is 1. The first-order chi connectivity index (χ1) is 14.7. The summed E-state index contributed by atoms with van der Waals surface area (Å²) in [6.07, 6.45) is 5.40. The number of ether oxygens (including phenoxy) is 1. The second-order valence-electron chi connectivity index (χ2n) is 8.31. The second-order valence-corrected chi connectivity index (χ2v) is 8.31. The second kappa shape index (κ2) is 8.07. The van der Waals surface area contributed by atoms with Crippen LogP contribution in [0.2, 0.25) is 0 Å². The first-order valence-corrected chi connectivity index (χ1v) is 10.7. The highest BCUT2D eigenvalue weighted by Gasteiger charge is 2.42. The fraction of sp³-hybridized carbons (Fsp3) is 0.435. The number of carbonyl (C=O) groups is 1. The summed E-state index contributed by atoms with van der Waals surface area (Å²) in [5.41, 5.74) is 3.18. The number of nitrogens with one attached hydrogen (secondary N) is 1. The molecule has 2 aromatic carbocycles. The lowest BCUT2D eigenvalue weighted by Crippen LogP contribution is -2.40. The Hall–Kier alpha value is -2.93. The molecular weight excluding hydrogens is 380 g/mol. The fourth-order valence-corrected chi connectivity index (χ4v) is 4.00. The zero-order chi connectivity index (χ0) is 20.5. The third-order valence-corrected chi connectivity index (χ3v) is 5.87. The topological polar surface area (TPSA) is 89.3 Å². The van der Waals surface area contributed by atoms with E-state index in [9.17, 15) is 9.90 Å². The Balaban J connectivity index is 1.35. The molecule has 1 amide bonds. The Bertz CT molecular complexity index is 1010. The minimum Gasteiger partial charge on any atom is -0.481 e. The SMILES string of the molecule is O=C(COc1ccc(CCO)cc1-n1nc2ccccc2n1)NC(C1CC1)C1CC1. The minimum absolute atomic E-state index is 0.0386. The zero-order valence-electron chi connectivity index (χ0n) is 16.8. The molecule has 1 heterocycles. The number of nitrogens with zero attached hydrogens (tertiary/aromatic N) is 3. The van der Waals surface area contributed by atoms with Gasteiger partial charge in [-0.3, -0.25) is 4.79 Å². The van der Waals surface area contributed by atoms with Crippen LogP contribution < -0.4 is 10.1 Å². The van der Waals surface area contributed by atoms with Crippen LogP contribution in [0.5, 0.6) is 5.75 Å². The normalized spacial score (nSPS) is 16.2. The van der Waals surface area contributed by atoms with Gasteiger partial charge in [-0.15, -0.1) is 15.0 Å². The lowest BCUT2D eigenvalue weighted by Gasteiger charge is -2.18. The molecule has 0 aliphatic heterocycles. The third-order valence-electron chi connectivity index (χ3n) is 5.87. The number of hydrogen-bond acceptors (Lipinski definition) is 5. The van der Waals surface area contributed by atoms with Crippen molar-refractivity contribution in [1.29, 1.82) is 0 Å². The molecule has 0 spiro atoms. The van der Waals surface area contributed by atoms with E-state index >= 15 is 0 Å². The van der Waals surface area contributed by atoms with Crippen LogP contribution >= 0.6 is 0 Å². The summed E-state index contributed by atoms with van der Waals surface area (Å²) in [6.45, 7) is 0.0172. The standard InChI is InChI=1S/C23H26N4O3/c28-12-11-15-5-10-21(20(13-15)27-25-18-3-1-2-4-19(18)26-27)30-14-22(29)24-23(16-6-7-16)17-8-9-17/h1-5,10,13,16-17,23,28H,6-9,11-12,14H2,(H,24,29). The number of carbonyl (C=O) groups excluding carboxylic acids is 1. The first-order valence-electron chi connectivity index (χ1n) is 10.7. The van der Waals surface area contributed by atoms with Gasteiger partial charge in [0.1, 0.15) is 22.5 Å². The number of aliphatic hydroxyl groups is 1. The van der Waals surface area contributed by atoms with E-state index < -0.39 is 0 Å². The van der Waals surface area contributed by atoms with E-state index in [1.165, 1.54) is 30.5 Å². The molecule has 0 radical (unpaired) electrons. The summed E-state index contributed by atoms with van der Waals surface area (Å²) in [5.74, 6) is 1.76. The summed E-state index contributed by atoms with van der Waals surface area (Å²) >= 11 is 0. The molecule has 156 valence electrons. The van der Waals surface area contributed by atoms with Crippen molar-refractivity contribution in [3.63, 3.8) is 0 Å². The van der Waals surface area contributed by atoms with Gasteiger partial charge in [0.05, 0.1) is 0 Å². The van der Waals surface area contributed by atoms with E-state index in [0.29, 0.717) is 35.7 Å². The lowest BCUT2D eigenvalue weighted by molar-refractivity contribution is -0.124. The minimum atomic E-state index is -0.0808. The lowest BCUT2D eigenvalue weighted by atomic mass is 10.1. The molecule has 2 saturated carbocycles. The molecule has 0 saturated heterocycles.